The zero-order chi connectivity index (χ0) is 24.4. The van der Waals surface area contributed by atoms with Crippen LogP contribution in [-0.2, 0) is 0 Å². The molecule has 1 saturated heterocycles. The zero-order valence-corrected chi connectivity index (χ0v) is 19.5. The van der Waals surface area contributed by atoms with E-state index in [1.54, 1.807) is 42.7 Å². The van der Waals surface area contributed by atoms with Gasteiger partial charge in [-0.3, -0.25) is 19.7 Å². The van der Waals surface area contributed by atoms with Crippen molar-refractivity contribution < 1.29 is 9.18 Å². The molecule has 1 aliphatic rings. The highest BCUT2D eigenvalue weighted by atomic mass is 19.1. The second-order valence-electron chi connectivity index (χ2n) is 8.63. The van der Waals surface area contributed by atoms with Gasteiger partial charge in [-0.25, -0.2) is 19.3 Å². The van der Waals surface area contributed by atoms with E-state index in [4.69, 9.17) is 0 Å². The van der Waals surface area contributed by atoms with Crippen LogP contribution in [0.15, 0.2) is 55.1 Å². The van der Waals surface area contributed by atoms with Crippen molar-refractivity contribution in [2.45, 2.75) is 19.9 Å². The SMILES string of the molecule is CC(C)N1CCN(C(=O)c2ccc(Nc3ncc(F)c(-c4ccc5nccnc5c4)n3)nc2)CC1. The molecule has 0 spiro atoms. The van der Waals surface area contributed by atoms with Crippen molar-refractivity contribution in [2.75, 3.05) is 31.5 Å². The molecule has 178 valence electrons. The number of nitrogens with zero attached hydrogens (tertiary/aromatic N) is 7. The first-order chi connectivity index (χ1) is 17.0. The predicted molar refractivity (Wildman–Crippen MR) is 131 cm³/mol. The molecule has 0 saturated carbocycles. The second kappa shape index (κ2) is 9.67. The minimum atomic E-state index is -0.551. The third-order valence-corrected chi connectivity index (χ3v) is 6.07. The third kappa shape index (κ3) is 4.92. The number of carbonyl (C=O) groups excluding carboxylic acids is 1. The average Bonchev–Trinajstić information content (AvgIpc) is 2.89. The molecule has 1 aliphatic heterocycles. The van der Waals surface area contributed by atoms with Crippen molar-refractivity contribution in [1.29, 1.82) is 0 Å². The molecule has 35 heavy (non-hydrogen) atoms. The molecule has 0 aliphatic carbocycles. The van der Waals surface area contributed by atoms with E-state index in [-0.39, 0.29) is 17.5 Å². The van der Waals surface area contributed by atoms with Crippen molar-refractivity contribution in [2.24, 2.45) is 0 Å². The number of carbonyl (C=O) groups is 1. The van der Waals surface area contributed by atoms with Crippen LogP contribution in [0.3, 0.4) is 0 Å². The van der Waals surface area contributed by atoms with Crippen LogP contribution in [0.25, 0.3) is 22.3 Å². The van der Waals surface area contributed by atoms with Gasteiger partial charge in [0.25, 0.3) is 5.91 Å². The van der Waals surface area contributed by atoms with Crippen LogP contribution in [0, 0.1) is 5.82 Å². The van der Waals surface area contributed by atoms with E-state index in [2.05, 4.69) is 49.0 Å². The number of piperazine rings is 1. The number of benzene rings is 1. The molecular formula is C25H25FN8O. The molecule has 5 rings (SSSR count). The van der Waals surface area contributed by atoms with Gasteiger partial charge in [0, 0.05) is 56.4 Å². The Morgan fingerprint density at radius 2 is 1.71 bits per heavy atom. The van der Waals surface area contributed by atoms with Crippen LogP contribution in [0.1, 0.15) is 24.2 Å². The van der Waals surface area contributed by atoms with Crippen LogP contribution >= 0.6 is 0 Å². The highest BCUT2D eigenvalue weighted by Crippen LogP contribution is 2.25. The molecule has 0 atom stereocenters. The first kappa shape index (κ1) is 22.7. The van der Waals surface area contributed by atoms with Crippen LogP contribution < -0.4 is 5.32 Å². The lowest BCUT2D eigenvalue weighted by Crippen LogP contribution is -2.50. The zero-order valence-electron chi connectivity index (χ0n) is 19.5. The number of hydrogen-bond donors (Lipinski definition) is 1. The van der Waals surface area contributed by atoms with E-state index in [0.717, 1.165) is 19.3 Å². The Bertz CT molecular complexity index is 1350. The molecule has 10 heteroatoms. The smallest absolute Gasteiger partial charge is 0.255 e. The molecule has 0 unspecified atom stereocenters. The Hall–Kier alpha value is -4.05. The fourth-order valence-electron chi connectivity index (χ4n) is 4.07. The van der Waals surface area contributed by atoms with Crippen LogP contribution in [0.5, 0.6) is 0 Å². The molecule has 9 nitrogen and oxygen atoms in total. The van der Waals surface area contributed by atoms with Gasteiger partial charge in [0.15, 0.2) is 5.82 Å². The number of anilines is 2. The summed E-state index contributed by atoms with van der Waals surface area (Å²) >= 11 is 0. The maximum atomic E-state index is 14.5. The quantitative estimate of drug-likeness (QED) is 0.471. The second-order valence-corrected chi connectivity index (χ2v) is 8.63. The topological polar surface area (TPSA) is 100 Å². The lowest BCUT2D eigenvalue weighted by atomic mass is 10.1. The molecule has 1 N–H and O–H groups in total. The summed E-state index contributed by atoms with van der Waals surface area (Å²) in [5.41, 5.74) is 2.58. The predicted octanol–water partition coefficient (Wildman–Crippen LogP) is 3.53. The van der Waals surface area contributed by atoms with Crippen molar-refractivity contribution in [1.82, 2.24) is 34.7 Å². The Morgan fingerprint density at radius 1 is 0.943 bits per heavy atom. The van der Waals surface area contributed by atoms with Gasteiger partial charge < -0.3 is 10.2 Å². The molecule has 4 heterocycles. The Balaban J connectivity index is 1.29. The summed E-state index contributed by atoms with van der Waals surface area (Å²) in [7, 11) is 0. The van der Waals surface area contributed by atoms with Gasteiger partial charge in [-0.05, 0) is 38.1 Å². The summed E-state index contributed by atoms with van der Waals surface area (Å²) < 4.78 is 14.5. The standard InChI is InChI=1S/C25H25FN8O/c1-16(2)33-9-11-34(12-10-33)24(35)18-4-6-22(29-14-18)31-25-30-15-19(26)23(32-25)17-3-5-20-21(13-17)28-8-7-27-20/h3-8,13-16H,9-12H2,1-2H3,(H,29,30,31,32). The molecular weight excluding hydrogens is 447 g/mol. The molecule has 1 amide bonds. The van der Waals surface area contributed by atoms with Gasteiger partial charge in [0.1, 0.15) is 11.5 Å². The summed E-state index contributed by atoms with van der Waals surface area (Å²) in [6, 6.07) is 9.13. The fourth-order valence-corrected chi connectivity index (χ4v) is 4.07. The van der Waals surface area contributed by atoms with E-state index in [0.29, 0.717) is 47.1 Å². The number of pyridine rings is 1. The minimum Gasteiger partial charge on any atom is -0.336 e. The van der Waals surface area contributed by atoms with Crippen molar-refractivity contribution in [3.8, 4) is 11.3 Å². The van der Waals surface area contributed by atoms with E-state index in [1.807, 2.05) is 4.90 Å². The van der Waals surface area contributed by atoms with Crippen LogP contribution in [0.4, 0.5) is 16.2 Å². The maximum Gasteiger partial charge on any atom is 0.255 e. The molecule has 1 fully saturated rings. The highest BCUT2D eigenvalue weighted by Gasteiger charge is 2.23. The Kier molecular flexibility index (Phi) is 6.28. The number of halogens is 1. The monoisotopic (exact) mass is 472 g/mol. The maximum absolute atomic E-state index is 14.5. The number of nitrogens with one attached hydrogen (secondary N) is 1. The summed E-state index contributed by atoms with van der Waals surface area (Å²) in [6.07, 6.45) is 5.83. The fraction of sp³-hybridized carbons (Fsp3) is 0.280. The van der Waals surface area contributed by atoms with Crippen molar-refractivity contribution in [3.63, 3.8) is 0 Å². The van der Waals surface area contributed by atoms with E-state index < -0.39 is 5.82 Å². The number of aromatic nitrogens is 5. The van der Waals surface area contributed by atoms with E-state index >= 15 is 0 Å². The van der Waals surface area contributed by atoms with E-state index in [9.17, 15) is 9.18 Å². The molecule has 0 radical (unpaired) electrons. The summed E-state index contributed by atoms with van der Waals surface area (Å²) in [6.45, 7) is 7.46. The Labute approximate surface area is 202 Å². The lowest BCUT2D eigenvalue weighted by Gasteiger charge is -2.36. The van der Waals surface area contributed by atoms with Gasteiger partial charge in [-0.2, -0.15) is 0 Å². The first-order valence-corrected chi connectivity index (χ1v) is 11.5. The molecule has 3 aromatic heterocycles. The van der Waals surface area contributed by atoms with Crippen molar-refractivity contribution in [3.05, 3.63) is 66.5 Å². The molecule has 0 bridgehead atoms. The summed E-state index contributed by atoms with van der Waals surface area (Å²) in [4.78, 5) is 38.3. The normalized spacial score (nSPS) is 14.5. The van der Waals surface area contributed by atoms with Crippen LogP contribution in [0.2, 0.25) is 0 Å². The van der Waals surface area contributed by atoms with Gasteiger partial charge >= 0.3 is 0 Å². The summed E-state index contributed by atoms with van der Waals surface area (Å²) in [5.74, 6) is 0.0579. The summed E-state index contributed by atoms with van der Waals surface area (Å²) in [5, 5.41) is 2.98. The largest absolute Gasteiger partial charge is 0.336 e. The van der Waals surface area contributed by atoms with Gasteiger partial charge in [0.05, 0.1) is 22.8 Å². The average molecular weight is 473 g/mol. The van der Waals surface area contributed by atoms with Gasteiger partial charge in [-0.15, -0.1) is 0 Å². The van der Waals surface area contributed by atoms with Gasteiger partial charge in [0.2, 0.25) is 5.95 Å². The minimum absolute atomic E-state index is 0.0350. The van der Waals surface area contributed by atoms with Gasteiger partial charge in [-0.1, -0.05) is 6.07 Å². The van der Waals surface area contributed by atoms with Crippen LogP contribution in [-0.4, -0.2) is 72.8 Å². The molecule has 4 aromatic rings. The van der Waals surface area contributed by atoms with Crippen molar-refractivity contribution >= 4 is 28.7 Å². The number of rotatable bonds is 5. The number of fused-ring (bicyclic) bond motifs is 1. The van der Waals surface area contributed by atoms with E-state index in [1.165, 1.54) is 6.20 Å². The highest BCUT2D eigenvalue weighted by molar-refractivity contribution is 5.94. The third-order valence-electron chi connectivity index (χ3n) is 6.07. The first-order valence-electron chi connectivity index (χ1n) is 11.5. The Morgan fingerprint density at radius 3 is 2.43 bits per heavy atom. The lowest BCUT2D eigenvalue weighted by molar-refractivity contribution is 0.0595. The number of amides is 1. The number of hydrogen-bond acceptors (Lipinski definition) is 8. The molecule has 1 aromatic carbocycles.